The maximum atomic E-state index is 13.3. The zero-order valence-electron chi connectivity index (χ0n) is 16.9. The molecular weight excluding hydrogens is 449 g/mol. The molecule has 2 heterocycles. The van der Waals surface area contributed by atoms with Gasteiger partial charge in [0.2, 0.25) is 0 Å². The fourth-order valence-corrected chi connectivity index (χ4v) is 4.88. The zero-order valence-corrected chi connectivity index (χ0v) is 17.7. The summed E-state index contributed by atoms with van der Waals surface area (Å²) in [5, 5.41) is 0.106. The van der Waals surface area contributed by atoms with Crippen molar-refractivity contribution in [1.82, 2.24) is 8.87 Å². The molecule has 2 aromatic carbocycles. The number of esters is 1. The lowest BCUT2D eigenvalue weighted by atomic mass is 10.1. The van der Waals surface area contributed by atoms with Crippen molar-refractivity contribution in [2.24, 2.45) is 0 Å². The van der Waals surface area contributed by atoms with Gasteiger partial charge in [-0.05, 0) is 43.3 Å². The molecule has 0 bridgehead atoms. The Hall–Kier alpha value is -3.05. The Morgan fingerprint density at radius 1 is 1.12 bits per heavy atom. The number of carbonyl (C=O) groups is 1. The first-order chi connectivity index (χ1) is 15.1. The Kier molecular flexibility index (Phi) is 5.63. The Balaban J connectivity index is 1.96. The highest BCUT2D eigenvalue weighted by Gasteiger charge is 2.42. The lowest BCUT2D eigenvalue weighted by molar-refractivity contribution is -0.189. The van der Waals surface area contributed by atoms with Crippen molar-refractivity contribution in [3.05, 3.63) is 54.2 Å². The number of ether oxygens (including phenoxy) is 2. The number of carbonyl (C=O) groups excluding carboxylic acids is 1. The van der Waals surface area contributed by atoms with Gasteiger partial charge in [-0.1, -0.05) is 18.2 Å². The maximum absolute atomic E-state index is 13.3. The number of methoxy groups -OCH3 is 1. The quantitative estimate of drug-likeness (QED) is 0.515. The number of rotatable bonds is 6. The van der Waals surface area contributed by atoms with Crippen LogP contribution in [0.4, 0.5) is 13.2 Å². The van der Waals surface area contributed by atoms with E-state index in [0.717, 1.165) is 29.7 Å². The lowest BCUT2D eigenvalue weighted by Gasteiger charge is -2.31. The summed E-state index contributed by atoms with van der Waals surface area (Å²) in [6.45, 7) is 1.92. The average Bonchev–Trinajstić information content (AvgIpc) is 3.09. The summed E-state index contributed by atoms with van der Waals surface area (Å²) in [7, 11) is -2.80. The predicted molar refractivity (Wildman–Crippen MR) is 109 cm³/mol. The van der Waals surface area contributed by atoms with Crippen LogP contribution in [0, 0.1) is 0 Å². The minimum Gasteiger partial charge on any atom is -0.497 e. The SMILES string of the molecule is COc1cc(CN2CCC2)c2c(OC(=O)C(F)(F)F)cn(S(=O)(=O)c3ccccc3)c2c1. The second-order valence-electron chi connectivity index (χ2n) is 7.30. The largest absolute Gasteiger partial charge is 0.497 e. The molecule has 0 unspecified atom stereocenters. The number of fused-ring (bicyclic) bond motifs is 1. The van der Waals surface area contributed by atoms with Gasteiger partial charge in [0, 0.05) is 18.0 Å². The van der Waals surface area contributed by atoms with Crippen LogP contribution in [0.15, 0.2) is 53.6 Å². The van der Waals surface area contributed by atoms with Gasteiger partial charge >= 0.3 is 12.1 Å². The fraction of sp³-hybridized carbons (Fsp3) is 0.286. The molecule has 0 saturated carbocycles. The predicted octanol–water partition coefficient (Wildman–Crippen LogP) is 3.56. The average molecular weight is 468 g/mol. The molecule has 1 aromatic heterocycles. The second-order valence-corrected chi connectivity index (χ2v) is 9.12. The van der Waals surface area contributed by atoms with Gasteiger partial charge < -0.3 is 9.47 Å². The molecule has 1 saturated heterocycles. The van der Waals surface area contributed by atoms with Crippen LogP contribution >= 0.6 is 0 Å². The maximum Gasteiger partial charge on any atom is 0.491 e. The molecule has 1 fully saturated rings. The first-order valence-corrected chi connectivity index (χ1v) is 11.1. The highest BCUT2D eigenvalue weighted by Crippen LogP contribution is 2.38. The molecule has 7 nitrogen and oxygen atoms in total. The number of benzene rings is 2. The Morgan fingerprint density at radius 3 is 2.38 bits per heavy atom. The molecule has 170 valence electrons. The van der Waals surface area contributed by atoms with Crippen LogP contribution in [0.2, 0.25) is 0 Å². The van der Waals surface area contributed by atoms with Gasteiger partial charge in [-0.25, -0.2) is 17.2 Å². The van der Waals surface area contributed by atoms with E-state index in [1.165, 1.54) is 37.4 Å². The van der Waals surface area contributed by atoms with Crippen LogP contribution in [0.25, 0.3) is 10.9 Å². The van der Waals surface area contributed by atoms with Gasteiger partial charge in [0.15, 0.2) is 5.75 Å². The van der Waals surface area contributed by atoms with Crippen LogP contribution in [0.5, 0.6) is 11.5 Å². The number of alkyl halides is 3. The van der Waals surface area contributed by atoms with E-state index >= 15 is 0 Å². The van der Waals surface area contributed by atoms with Crippen molar-refractivity contribution < 1.29 is 35.9 Å². The molecule has 0 aliphatic carbocycles. The first kappa shape index (κ1) is 22.2. The van der Waals surface area contributed by atoms with Crippen molar-refractivity contribution in [2.45, 2.75) is 24.0 Å². The number of likely N-dealkylation sites (tertiary alicyclic amines) is 1. The Bertz CT molecular complexity index is 1270. The summed E-state index contributed by atoms with van der Waals surface area (Å²) in [5.41, 5.74) is 0.541. The molecule has 4 rings (SSSR count). The molecule has 0 spiro atoms. The molecule has 1 aliphatic rings. The molecule has 11 heteroatoms. The molecule has 0 atom stereocenters. The first-order valence-electron chi connectivity index (χ1n) is 9.65. The molecular formula is C21H19F3N2O5S. The highest BCUT2D eigenvalue weighted by molar-refractivity contribution is 7.90. The standard InChI is InChI=1S/C21H19F3N2O5S/c1-30-15-10-14(12-25-8-5-9-25)19-17(11-15)26(13-18(19)31-20(27)21(22,23)24)32(28,29)16-6-3-2-4-7-16/h2-4,6-7,10-11,13H,5,8-9,12H2,1H3. The summed E-state index contributed by atoms with van der Waals surface area (Å²) in [4.78, 5) is 13.6. The summed E-state index contributed by atoms with van der Waals surface area (Å²) >= 11 is 0. The van der Waals surface area contributed by atoms with Gasteiger partial charge in [0.05, 0.1) is 23.7 Å². The molecule has 0 amide bonds. The van der Waals surface area contributed by atoms with Crippen molar-refractivity contribution in [3.63, 3.8) is 0 Å². The topological polar surface area (TPSA) is 77.8 Å². The minimum absolute atomic E-state index is 0.0497. The third-order valence-electron chi connectivity index (χ3n) is 5.20. The monoisotopic (exact) mass is 468 g/mol. The lowest BCUT2D eigenvalue weighted by Crippen LogP contribution is -2.36. The van der Waals surface area contributed by atoms with Gasteiger partial charge in [-0.2, -0.15) is 13.2 Å². The van der Waals surface area contributed by atoms with Gasteiger partial charge in [0.25, 0.3) is 10.0 Å². The summed E-state index contributed by atoms with van der Waals surface area (Å²) in [5.74, 6) is -2.59. The van der Waals surface area contributed by atoms with E-state index in [2.05, 4.69) is 4.74 Å². The number of aromatic nitrogens is 1. The molecule has 1 aliphatic heterocycles. The van der Waals surface area contributed by atoms with Crippen molar-refractivity contribution >= 4 is 26.9 Å². The summed E-state index contributed by atoms with van der Waals surface area (Å²) in [6, 6.07) is 10.4. The van der Waals surface area contributed by atoms with E-state index in [-0.39, 0.29) is 15.8 Å². The van der Waals surface area contributed by atoms with Crippen LogP contribution in [-0.2, 0) is 21.4 Å². The minimum atomic E-state index is -5.24. The van der Waals surface area contributed by atoms with Crippen LogP contribution in [0.3, 0.4) is 0 Å². The van der Waals surface area contributed by atoms with Gasteiger partial charge in [-0.15, -0.1) is 0 Å². The second kappa shape index (κ2) is 8.14. The van der Waals surface area contributed by atoms with Crippen molar-refractivity contribution in [2.75, 3.05) is 20.2 Å². The Morgan fingerprint density at radius 2 is 1.81 bits per heavy atom. The van der Waals surface area contributed by atoms with Crippen LogP contribution in [0.1, 0.15) is 12.0 Å². The van der Waals surface area contributed by atoms with Crippen LogP contribution < -0.4 is 9.47 Å². The van der Waals surface area contributed by atoms with Gasteiger partial charge in [-0.3, -0.25) is 4.90 Å². The summed E-state index contributed by atoms with van der Waals surface area (Å²) in [6.07, 6.45) is -3.36. The highest BCUT2D eigenvalue weighted by atomic mass is 32.2. The summed E-state index contributed by atoms with van der Waals surface area (Å²) < 4.78 is 76.1. The molecule has 0 radical (unpaired) electrons. The zero-order chi connectivity index (χ0) is 23.1. The van der Waals surface area contributed by atoms with E-state index in [9.17, 15) is 26.4 Å². The van der Waals surface area contributed by atoms with E-state index in [1.807, 2.05) is 4.90 Å². The fourth-order valence-electron chi connectivity index (χ4n) is 3.52. The van der Waals surface area contributed by atoms with Crippen molar-refractivity contribution in [3.8, 4) is 11.5 Å². The molecule has 0 N–H and O–H groups in total. The van der Waals surface area contributed by atoms with E-state index in [0.29, 0.717) is 17.9 Å². The van der Waals surface area contributed by atoms with E-state index < -0.39 is 27.9 Å². The smallest absolute Gasteiger partial charge is 0.491 e. The molecule has 32 heavy (non-hydrogen) atoms. The van der Waals surface area contributed by atoms with Crippen molar-refractivity contribution in [1.29, 1.82) is 0 Å². The number of hydrogen-bond donors (Lipinski definition) is 0. The Labute approximate surface area is 182 Å². The third kappa shape index (κ3) is 4.05. The number of hydrogen-bond acceptors (Lipinski definition) is 6. The third-order valence-corrected chi connectivity index (χ3v) is 6.89. The number of halogens is 3. The normalized spacial score (nSPS) is 14.9. The van der Waals surface area contributed by atoms with Gasteiger partial charge in [0.1, 0.15) is 5.75 Å². The molecule has 3 aromatic rings. The van der Waals surface area contributed by atoms with E-state index in [1.54, 1.807) is 12.1 Å². The number of nitrogens with zero attached hydrogens (tertiary/aromatic N) is 2. The van der Waals surface area contributed by atoms with Crippen LogP contribution in [-0.4, -0.2) is 49.6 Å². The van der Waals surface area contributed by atoms with E-state index in [4.69, 9.17) is 4.74 Å².